The molecule has 0 amide bonds. The lowest BCUT2D eigenvalue weighted by molar-refractivity contribution is 0.474. The first-order valence-corrected chi connectivity index (χ1v) is 10.7. The van der Waals surface area contributed by atoms with E-state index in [1.807, 2.05) is 24.3 Å². The highest BCUT2D eigenvalue weighted by atomic mass is 36.0. The van der Waals surface area contributed by atoms with Crippen molar-refractivity contribution in [2.24, 2.45) is 0 Å². The molecular weight excluding hydrogens is 365 g/mol. The van der Waals surface area contributed by atoms with Gasteiger partial charge in [0.05, 0.1) is 0 Å². The summed E-state index contributed by atoms with van der Waals surface area (Å²) in [6.45, 7) is 4.23. The Hall–Kier alpha value is -0.860. The number of rotatable bonds is 2. The quantitative estimate of drug-likeness (QED) is 0.606. The molecule has 0 aliphatic rings. The Morgan fingerprint density at radius 3 is 1.23 bits per heavy atom. The van der Waals surface area contributed by atoms with Gasteiger partial charge in [0.2, 0.25) is 0 Å². The molecule has 0 bridgehead atoms. The lowest BCUT2D eigenvalue weighted by atomic mass is 9.78. The molecule has 0 saturated heterocycles. The van der Waals surface area contributed by atoms with Crippen LogP contribution in [0.1, 0.15) is 25.0 Å². The third-order valence-corrected chi connectivity index (χ3v) is 3.18. The van der Waals surface area contributed by atoms with Crippen molar-refractivity contribution in [3.05, 3.63) is 59.7 Å². The van der Waals surface area contributed by atoms with Crippen LogP contribution in [0.25, 0.3) is 0 Å². The molecule has 2 rings (SSSR count). The highest BCUT2D eigenvalue weighted by molar-refractivity contribution is 8.24. The standard InChI is InChI=1S/C15H16O2.Cl3OP/c1-15(2,11-3-7-13(16)8-4-11)12-5-9-14(17)10-6-12;1-5(2,3)4/h3-10,16-17H,1-2H3;. The van der Waals surface area contributed by atoms with Crippen molar-refractivity contribution in [1.82, 2.24) is 0 Å². The van der Waals surface area contributed by atoms with Gasteiger partial charge in [-0.2, -0.15) is 0 Å². The minimum Gasteiger partial charge on any atom is -0.508 e. The minimum atomic E-state index is -3.22. The van der Waals surface area contributed by atoms with Gasteiger partial charge in [0, 0.05) is 5.41 Å². The smallest absolute Gasteiger partial charge is 0.339 e. The fraction of sp³-hybridized carbons (Fsp3) is 0.200. The van der Waals surface area contributed by atoms with E-state index < -0.39 is 5.20 Å². The second kappa shape index (κ2) is 7.61. The average Bonchev–Trinajstić information content (AvgIpc) is 2.38. The van der Waals surface area contributed by atoms with E-state index in [0.29, 0.717) is 0 Å². The maximum Gasteiger partial charge on any atom is 0.339 e. The molecule has 2 aromatic rings. The third kappa shape index (κ3) is 6.50. The van der Waals surface area contributed by atoms with Crippen LogP contribution in [0, 0.1) is 0 Å². The Kier molecular flexibility index (Phi) is 6.64. The maximum absolute atomic E-state index is 9.51. The number of halogens is 3. The summed E-state index contributed by atoms with van der Waals surface area (Å²) >= 11 is 13.8. The Bertz CT molecular complexity index is 593. The summed E-state index contributed by atoms with van der Waals surface area (Å²) < 4.78 is 9.51. The molecule has 0 fully saturated rings. The molecule has 0 aromatic heterocycles. The molecule has 0 spiro atoms. The van der Waals surface area contributed by atoms with Crippen molar-refractivity contribution in [1.29, 1.82) is 0 Å². The molecule has 2 N–H and O–H groups in total. The second-order valence-electron chi connectivity index (χ2n) is 5.12. The van der Waals surface area contributed by atoms with E-state index in [1.54, 1.807) is 24.3 Å². The minimum absolute atomic E-state index is 0.151. The average molecular weight is 382 g/mol. The molecule has 2 aromatic carbocycles. The summed E-state index contributed by atoms with van der Waals surface area (Å²) in [6, 6.07) is 14.4. The van der Waals surface area contributed by atoms with Crippen molar-refractivity contribution in [2.45, 2.75) is 19.3 Å². The summed E-state index contributed by atoms with van der Waals surface area (Å²) in [6.07, 6.45) is 0. The molecule has 7 heteroatoms. The van der Waals surface area contributed by atoms with E-state index in [0.717, 1.165) is 11.1 Å². The predicted molar refractivity (Wildman–Crippen MR) is 93.5 cm³/mol. The SMILES string of the molecule is CC(C)(c1ccc(O)cc1)c1ccc(O)cc1.O=P(Cl)(Cl)Cl. The van der Waals surface area contributed by atoms with Crippen LogP contribution in [0.15, 0.2) is 48.5 Å². The summed E-state index contributed by atoms with van der Waals surface area (Å²) in [4.78, 5) is 0. The largest absolute Gasteiger partial charge is 0.508 e. The zero-order chi connectivity index (χ0) is 17.0. The number of hydrogen-bond acceptors (Lipinski definition) is 3. The first-order chi connectivity index (χ1) is 10.00. The fourth-order valence-electron chi connectivity index (χ4n) is 1.92. The van der Waals surface area contributed by atoms with E-state index in [1.165, 1.54) is 0 Å². The lowest BCUT2D eigenvalue weighted by Crippen LogP contribution is -2.18. The van der Waals surface area contributed by atoms with Crippen LogP contribution in [-0.4, -0.2) is 10.2 Å². The molecule has 0 unspecified atom stereocenters. The Labute approximate surface area is 144 Å². The predicted octanol–water partition coefficient (Wildman–Crippen LogP) is 6.23. The molecule has 0 aliphatic carbocycles. The Morgan fingerprint density at radius 2 is 1.00 bits per heavy atom. The molecule has 22 heavy (non-hydrogen) atoms. The molecular formula is C15H16Cl3O3P. The first kappa shape index (κ1) is 19.2. The highest BCUT2D eigenvalue weighted by Gasteiger charge is 2.22. The summed E-state index contributed by atoms with van der Waals surface area (Å²) in [5.74, 6) is 0.547. The fourth-order valence-corrected chi connectivity index (χ4v) is 1.92. The second-order valence-corrected chi connectivity index (χ2v) is 11.8. The lowest BCUT2D eigenvalue weighted by Gasteiger charge is -2.26. The van der Waals surface area contributed by atoms with Crippen molar-refractivity contribution < 1.29 is 14.8 Å². The number of phenolic OH excluding ortho intramolecular Hbond substituents is 2. The van der Waals surface area contributed by atoms with Crippen LogP contribution in [0.5, 0.6) is 11.5 Å². The highest BCUT2D eigenvalue weighted by Crippen LogP contribution is 2.61. The molecule has 0 saturated carbocycles. The van der Waals surface area contributed by atoms with Crippen molar-refractivity contribution >= 4 is 38.9 Å². The van der Waals surface area contributed by atoms with Gasteiger partial charge < -0.3 is 10.2 Å². The number of hydrogen-bond donors (Lipinski definition) is 2. The third-order valence-electron chi connectivity index (χ3n) is 3.18. The van der Waals surface area contributed by atoms with E-state index >= 15 is 0 Å². The zero-order valence-corrected chi connectivity index (χ0v) is 15.2. The molecule has 0 heterocycles. The van der Waals surface area contributed by atoms with Gasteiger partial charge in [0.25, 0.3) is 0 Å². The van der Waals surface area contributed by atoms with E-state index in [9.17, 15) is 14.8 Å². The molecule has 120 valence electrons. The molecule has 0 radical (unpaired) electrons. The number of benzene rings is 2. The van der Waals surface area contributed by atoms with Crippen LogP contribution >= 0.6 is 38.9 Å². The Morgan fingerprint density at radius 1 is 0.773 bits per heavy atom. The summed E-state index contributed by atoms with van der Waals surface area (Å²) in [7, 11) is 0. The Balaban J connectivity index is 0.000000422. The van der Waals surface area contributed by atoms with Gasteiger partial charge in [-0.15, -0.1) is 0 Å². The summed E-state index contributed by atoms with van der Waals surface area (Å²) in [5, 5.41) is 15.4. The monoisotopic (exact) mass is 380 g/mol. The van der Waals surface area contributed by atoms with E-state index in [4.69, 9.17) is 0 Å². The topological polar surface area (TPSA) is 57.5 Å². The summed E-state index contributed by atoms with van der Waals surface area (Å²) in [5.41, 5.74) is 2.10. The normalized spacial score (nSPS) is 11.5. The molecule has 0 atom stereocenters. The van der Waals surface area contributed by atoms with Crippen LogP contribution < -0.4 is 0 Å². The van der Waals surface area contributed by atoms with Crippen molar-refractivity contribution in [2.75, 3.05) is 0 Å². The zero-order valence-electron chi connectivity index (χ0n) is 12.0. The van der Waals surface area contributed by atoms with Crippen LogP contribution in [0.2, 0.25) is 0 Å². The van der Waals surface area contributed by atoms with Crippen LogP contribution in [0.4, 0.5) is 0 Å². The van der Waals surface area contributed by atoms with Crippen LogP contribution in [0.3, 0.4) is 0 Å². The van der Waals surface area contributed by atoms with Gasteiger partial charge in [0.15, 0.2) is 0 Å². The van der Waals surface area contributed by atoms with Crippen molar-refractivity contribution in [3.63, 3.8) is 0 Å². The van der Waals surface area contributed by atoms with Gasteiger partial charge in [-0.25, -0.2) is 0 Å². The van der Waals surface area contributed by atoms with Crippen LogP contribution in [-0.2, 0) is 9.98 Å². The van der Waals surface area contributed by atoms with Gasteiger partial charge in [-0.05, 0) is 69.1 Å². The molecule has 0 aliphatic heterocycles. The number of aromatic hydroxyl groups is 2. The van der Waals surface area contributed by atoms with Gasteiger partial charge in [-0.3, -0.25) is 4.57 Å². The van der Waals surface area contributed by atoms with E-state index in [-0.39, 0.29) is 16.9 Å². The molecule has 3 nitrogen and oxygen atoms in total. The van der Waals surface area contributed by atoms with Gasteiger partial charge >= 0.3 is 5.20 Å². The number of phenols is 2. The van der Waals surface area contributed by atoms with Gasteiger partial charge in [-0.1, -0.05) is 38.1 Å². The van der Waals surface area contributed by atoms with E-state index in [2.05, 4.69) is 47.6 Å². The van der Waals surface area contributed by atoms with Crippen molar-refractivity contribution in [3.8, 4) is 11.5 Å². The first-order valence-electron chi connectivity index (χ1n) is 6.28. The van der Waals surface area contributed by atoms with Gasteiger partial charge in [0.1, 0.15) is 11.5 Å². The maximum atomic E-state index is 9.51.